The van der Waals surface area contributed by atoms with Crippen LogP contribution in [0.4, 0.5) is 0 Å². The van der Waals surface area contributed by atoms with Crippen LogP contribution in [0.25, 0.3) is 0 Å². The van der Waals surface area contributed by atoms with Crippen molar-refractivity contribution in [2.45, 2.75) is 0 Å². The molecule has 1 aliphatic rings. The van der Waals surface area contributed by atoms with E-state index < -0.39 is 0 Å². The number of nitrogens with zero attached hydrogens (tertiary/aromatic N) is 1. The Morgan fingerprint density at radius 2 is 1.48 bits per heavy atom. The van der Waals surface area contributed by atoms with E-state index in [0.29, 0.717) is 35.7 Å². The number of hydrogen-bond donors (Lipinski definition) is 0. The predicted octanol–water partition coefficient (Wildman–Crippen LogP) is 2.19. The van der Waals surface area contributed by atoms with Gasteiger partial charge in [-0.15, -0.1) is 0 Å². The van der Waals surface area contributed by atoms with Crippen LogP contribution in [0.15, 0.2) is 48.5 Å². The van der Waals surface area contributed by atoms with E-state index in [0.717, 1.165) is 6.29 Å². The largest absolute Gasteiger partial charge is 0.491 e. The van der Waals surface area contributed by atoms with Crippen LogP contribution in [0.3, 0.4) is 0 Å². The Kier molecular flexibility index (Phi) is 5.20. The molecule has 1 heterocycles. The van der Waals surface area contributed by atoms with Crippen LogP contribution in [0.1, 0.15) is 31.1 Å². The van der Waals surface area contributed by atoms with Crippen LogP contribution in [0, 0.1) is 0 Å². The van der Waals surface area contributed by atoms with E-state index >= 15 is 0 Å². The molecule has 0 spiro atoms. The van der Waals surface area contributed by atoms with Gasteiger partial charge in [0, 0.05) is 5.56 Å². The highest BCUT2D eigenvalue weighted by molar-refractivity contribution is 6.21. The topological polar surface area (TPSA) is 72.9 Å². The SMILES string of the molecule is O=Cc1ccc(OCCOCCN2C(=O)c3ccccc3C2=O)cc1. The van der Waals surface area contributed by atoms with Crippen molar-refractivity contribution in [3.63, 3.8) is 0 Å². The lowest BCUT2D eigenvalue weighted by molar-refractivity contribution is 0.0528. The van der Waals surface area contributed by atoms with Gasteiger partial charge in [0.2, 0.25) is 0 Å². The molecule has 6 heteroatoms. The van der Waals surface area contributed by atoms with Crippen LogP contribution in [-0.4, -0.2) is 49.4 Å². The molecule has 0 saturated heterocycles. The van der Waals surface area contributed by atoms with Crippen molar-refractivity contribution in [2.75, 3.05) is 26.4 Å². The number of aldehydes is 1. The van der Waals surface area contributed by atoms with Crippen molar-refractivity contribution in [1.82, 2.24) is 4.90 Å². The highest BCUT2D eigenvalue weighted by atomic mass is 16.5. The zero-order chi connectivity index (χ0) is 17.6. The van der Waals surface area contributed by atoms with Gasteiger partial charge in [-0.25, -0.2) is 0 Å². The van der Waals surface area contributed by atoms with E-state index in [4.69, 9.17) is 9.47 Å². The highest BCUT2D eigenvalue weighted by Gasteiger charge is 2.34. The minimum absolute atomic E-state index is 0.209. The number of rotatable bonds is 8. The Balaban J connectivity index is 1.38. The first-order chi connectivity index (χ1) is 12.2. The quantitative estimate of drug-likeness (QED) is 0.419. The lowest BCUT2D eigenvalue weighted by Gasteiger charge is -2.14. The number of imide groups is 1. The molecule has 128 valence electrons. The van der Waals surface area contributed by atoms with E-state index in [2.05, 4.69) is 0 Å². The summed E-state index contributed by atoms with van der Waals surface area (Å²) in [5, 5.41) is 0. The summed E-state index contributed by atoms with van der Waals surface area (Å²) in [6.07, 6.45) is 0.770. The third kappa shape index (κ3) is 3.75. The molecule has 2 amide bonds. The average Bonchev–Trinajstić information content (AvgIpc) is 2.90. The maximum Gasteiger partial charge on any atom is 0.261 e. The van der Waals surface area contributed by atoms with Gasteiger partial charge >= 0.3 is 0 Å². The van der Waals surface area contributed by atoms with E-state index in [1.165, 1.54) is 4.90 Å². The Morgan fingerprint density at radius 3 is 2.08 bits per heavy atom. The number of carbonyl (C=O) groups excluding carboxylic acids is 3. The minimum Gasteiger partial charge on any atom is -0.491 e. The summed E-state index contributed by atoms with van der Waals surface area (Å²) in [7, 11) is 0. The van der Waals surface area contributed by atoms with Gasteiger partial charge in [0.1, 0.15) is 18.6 Å². The summed E-state index contributed by atoms with van der Waals surface area (Å²) in [6.45, 7) is 1.13. The fourth-order valence-corrected chi connectivity index (χ4v) is 2.56. The van der Waals surface area contributed by atoms with Crippen molar-refractivity contribution in [2.24, 2.45) is 0 Å². The van der Waals surface area contributed by atoms with Crippen molar-refractivity contribution >= 4 is 18.1 Å². The Hall–Kier alpha value is -2.99. The van der Waals surface area contributed by atoms with Gasteiger partial charge in [0.05, 0.1) is 30.9 Å². The summed E-state index contributed by atoms with van der Waals surface area (Å²) in [4.78, 5) is 36.1. The molecule has 0 saturated carbocycles. The van der Waals surface area contributed by atoms with Crippen LogP contribution in [0.2, 0.25) is 0 Å². The summed E-state index contributed by atoms with van der Waals surface area (Å²) in [5.74, 6) is 0.0842. The zero-order valence-electron chi connectivity index (χ0n) is 13.5. The van der Waals surface area contributed by atoms with Crippen LogP contribution >= 0.6 is 0 Å². The monoisotopic (exact) mass is 339 g/mol. The molecule has 2 aromatic carbocycles. The fraction of sp³-hybridized carbons (Fsp3) is 0.211. The van der Waals surface area contributed by atoms with Crippen LogP contribution < -0.4 is 4.74 Å². The fourth-order valence-electron chi connectivity index (χ4n) is 2.56. The van der Waals surface area contributed by atoms with Gasteiger partial charge in [-0.3, -0.25) is 19.3 Å². The van der Waals surface area contributed by atoms with Gasteiger partial charge in [0.25, 0.3) is 11.8 Å². The van der Waals surface area contributed by atoms with Crippen LogP contribution in [0.5, 0.6) is 5.75 Å². The summed E-state index contributed by atoms with van der Waals surface area (Å²) in [6, 6.07) is 13.5. The lowest BCUT2D eigenvalue weighted by atomic mass is 10.1. The second-order valence-corrected chi connectivity index (χ2v) is 5.46. The Morgan fingerprint density at radius 1 is 0.840 bits per heavy atom. The number of amides is 2. The van der Waals surface area contributed by atoms with Crippen molar-refractivity contribution in [1.29, 1.82) is 0 Å². The molecule has 0 atom stereocenters. The Labute approximate surface area is 145 Å². The Bertz CT molecular complexity index is 750. The molecule has 0 aromatic heterocycles. The van der Waals surface area contributed by atoms with Gasteiger partial charge in [-0.1, -0.05) is 12.1 Å². The first-order valence-corrected chi connectivity index (χ1v) is 7.91. The predicted molar refractivity (Wildman–Crippen MR) is 90.0 cm³/mol. The molecule has 2 aromatic rings. The van der Waals surface area contributed by atoms with Gasteiger partial charge in [-0.2, -0.15) is 0 Å². The number of benzene rings is 2. The smallest absolute Gasteiger partial charge is 0.261 e. The molecule has 0 aliphatic carbocycles. The number of ether oxygens (including phenoxy) is 2. The zero-order valence-corrected chi connectivity index (χ0v) is 13.5. The summed E-state index contributed by atoms with van der Waals surface area (Å²) < 4.78 is 10.9. The molecule has 0 unspecified atom stereocenters. The second-order valence-electron chi connectivity index (χ2n) is 5.46. The molecular weight excluding hydrogens is 322 g/mol. The normalized spacial score (nSPS) is 13.0. The first-order valence-electron chi connectivity index (χ1n) is 7.91. The van der Waals surface area contributed by atoms with E-state index in [1.54, 1.807) is 48.5 Å². The molecule has 1 aliphatic heterocycles. The van der Waals surface area contributed by atoms with Gasteiger partial charge < -0.3 is 9.47 Å². The standard InChI is InChI=1S/C19H17NO5/c21-13-14-5-7-15(8-6-14)25-12-11-24-10-9-20-18(22)16-3-1-2-4-17(16)19(20)23/h1-8,13H,9-12H2. The minimum atomic E-state index is -0.282. The number of fused-ring (bicyclic) bond motifs is 1. The maximum atomic E-state index is 12.2. The molecule has 0 bridgehead atoms. The van der Waals surface area contributed by atoms with Gasteiger partial charge in [0.15, 0.2) is 0 Å². The lowest BCUT2D eigenvalue weighted by Crippen LogP contribution is -2.33. The summed E-state index contributed by atoms with van der Waals surface area (Å²) >= 11 is 0. The third-order valence-electron chi connectivity index (χ3n) is 3.85. The second kappa shape index (κ2) is 7.72. The maximum absolute atomic E-state index is 12.2. The third-order valence-corrected chi connectivity index (χ3v) is 3.85. The summed E-state index contributed by atoms with van der Waals surface area (Å²) in [5.41, 5.74) is 1.47. The van der Waals surface area contributed by atoms with Crippen molar-refractivity contribution in [3.8, 4) is 5.75 Å². The molecule has 0 N–H and O–H groups in total. The van der Waals surface area contributed by atoms with Gasteiger partial charge in [-0.05, 0) is 36.4 Å². The molecule has 25 heavy (non-hydrogen) atoms. The first kappa shape index (κ1) is 16.9. The van der Waals surface area contributed by atoms with E-state index in [1.807, 2.05) is 0 Å². The van der Waals surface area contributed by atoms with Crippen LogP contribution in [-0.2, 0) is 4.74 Å². The molecule has 6 nitrogen and oxygen atoms in total. The average molecular weight is 339 g/mol. The molecule has 0 fully saturated rings. The van der Waals surface area contributed by atoms with Crippen molar-refractivity contribution in [3.05, 3.63) is 65.2 Å². The van der Waals surface area contributed by atoms with Crippen molar-refractivity contribution < 1.29 is 23.9 Å². The molecule has 3 rings (SSSR count). The van der Waals surface area contributed by atoms with E-state index in [9.17, 15) is 14.4 Å². The molecule has 0 radical (unpaired) electrons. The number of carbonyl (C=O) groups is 3. The van der Waals surface area contributed by atoms with E-state index in [-0.39, 0.29) is 25.0 Å². The molecular formula is C19H17NO5. The highest BCUT2D eigenvalue weighted by Crippen LogP contribution is 2.21. The number of hydrogen-bond acceptors (Lipinski definition) is 5.